The van der Waals surface area contributed by atoms with E-state index in [0.717, 1.165) is 12.1 Å². The van der Waals surface area contributed by atoms with E-state index >= 15 is 0 Å². The number of nitrogens with two attached hydrogens (primary N) is 1. The fourth-order valence-corrected chi connectivity index (χ4v) is 1.55. The van der Waals surface area contributed by atoms with Gasteiger partial charge in [-0.05, 0) is 0 Å². The zero-order valence-electron chi connectivity index (χ0n) is 9.39. The molecule has 0 spiro atoms. The molecular formula is C11H7F2N5O. The van der Waals surface area contributed by atoms with Gasteiger partial charge in [0.15, 0.2) is 17.2 Å². The largest absolute Gasteiger partial charge is 0.434 e. The van der Waals surface area contributed by atoms with Crippen LogP contribution in [0.4, 0.5) is 14.5 Å². The molecule has 1 aromatic carbocycles. The maximum Gasteiger partial charge on any atom is 0.248 e. The minimum absolute atomic E-state index is 0.0468. The Kier molecular flexibility index (Phi) is 2.48. The van der Waals surface area contributed by atoms with Gasteiger partial charge in [0, 0.05) is 12.1 Å². The van der Waals surface area contributed by atoms with E-state index in [0.29, 0.717) is 11.2 Å². The molecule has 0 aliphatic carbocycles. The van der Waals surface area contributed by atoms with Crippen LogP contribution in [0.3, 0.4) is 0 Å². The van der Waals surface area contributed by atoms with Gasteiger partial charge in [0.05, 0.1) is 12.0 Å². The van der Waals surface area contributed by atoms with Crippen molar-refractivity contribution in [3.05, 3.63) is 36.4 Å². The Bertz CT molecular complexity index is 758. The van der Waals surface area contributed by atoms with Crippen molar-refractivity contribution in [1.82, 2.24) is 19.9 Å². The number of nitrogens with one attached hydrogen (secondary N) is 1. The van der Waals surface area contributed by atoms with Crippen molar-refractivity contribution in [3.63, 3.8) is 0 Å². The molecule has 3 rings (SSSR count). The summed E-state index contributed by atoms with van der Waals surface area (Å²) in [4.78, 5) is 14.4. The van der Waals surface area contributed by atoms with Gasteiger partial charge in [-0.1, -0.05) is 0 Å². The summed E-state index contributed by atoms with van der Waals surface area (Å²) in [7, 11) is 0. The average molecular weight is 263 g/mol. The molecule has 0 saturated carbocycles. The molecule has 0 aliphatic rings. The molecule has 3 N–H and O–H groups in total. The van der Waals surface area contributed by atoms with Crippen molar-refractivity contribution < 1.29 is 13.5 Å². The molecule has 6 nitrogen and oxygen atoms in total. The first-order valence-electron chi connectivity index (χ1n) is 5.21. The van der Waals surface area contributed by atoms with E-state index in [1.54, 1.807) is 0 Å². The van der Waals surface area contributed by atoms with Crippen molar-refractivity contribution in [1.29, 1.82) is 0 Å². The summed E-state index contributed by atoms with van der Waals surface area (Å²) in [6.07, 6.45) is 2.61. The molecule has 0 aliphatic heterocycles. The Morgan fingerprint density at radius 3 is 2.79 bits per heavy atom. The summed E-state index contributed by atoms with van der Waals surface area (Å²) in [6.45, 7) is 0. The zero-order valence-corrected chi connectivity index (χ0v) is 9.39. The van der Waals surface area contributed by atoms with Crippen molar-refractivity contribution in [2.45, 2.75) is 0 Å². The highest BCUT2D eigenvalue weighted by Gasteiger charge is 2.13. The number of imidazole rings is 1. The van der Waals surface area contributed by atoms with Crippen LogP contribution in [0.1, 0.15) is 0 Å². The van der Waals surface area contributed by atoms with Crippen molar-refractivity contribution >= 4 is 16.9 Å². The quantitative estimate of drug-likeness (QED) is 0.690. The van der Waals surface area contributed by atoms with Gasteiger partial charge in [-0.3, -0.25) is 0 Å². The van der Waals surface area contributed by atoms with E-state index in [1.807, 2.05) is 0 Å². The molecule has 0 atom stereocenters. The number of fused-ring (bicyclic) bond motifs is 1. The molecule has 19 heavy (non-hydrogen) atoms. The molecule has 8 heteroatoms. The summed E-state index contributed by atoms with van der Waals surface area (Å²) < 4.78 is 32.1. The smallest absolute Gasteiger partial charge is 0.248 e. The van der Waals surface area contributed by atoms with Gasteiger partial charge in [-0.2, -0.15) is 4.98 Å². The van der Waals surface area contributed by atoms with Gasteiger partial charge in [0.1, 0.15) is 17.7 Å². The lowest BCUT2D eigenvalue weighted by Crippen LogP contribution is -1.97. The number of aromatic nitrogens is 4. The van der Waals surface area contributed by atoms with Gasteiger partial charge in [-0.15, -0.1) is 0 Å². The summed E-state index contributed by atoms with van der Waals surface area (Å²) in [5.41, 5.74) is 5.70. The molecule has 0 saturated heterocycles. The van der Waals surface area contributed by atoms with Crippen molar-refractivity contribution in [3.8, 4) is 11.6 Å². The molecule has 3 aromatic rings. The van der Waals surface area contributed by atoms with E-state index in [-0.39, 0.29) is 17.3 Å². The number of ether oxygens (including phenoxy) is 1. The maximum absolute atomic E-state index is 13.6. The second-order valence-electron chi connectivity index (χ2n) is 3.69. The number of anilines is 1. The Balaban J connectivity index is 2.06. The summed E-state index contributed by atoms with van der Waals surface area (Å²) in [5, 5.41) is 0. The van der Waals surface area contributed by atoms with Gasteiger partial charge < -0.3 is 15.5 Å². The maximum atomic E-state index is 13.6. The highest BCUT2D eigenvalue weighted by molar-refractivity contribution is 5.75. The van der Waals surface area contributed by atoms with Gasteiger partial charge in [0.25, 0.3) is 0 Å². The van der Waals surface area contributed by atoms with Crippen LogP contribution >= 0.6 is 0 Å². The van der Waals surface area contributed by atoms with Gasteiger partial charge >= 0.3 is 0 Å². The molecule has 0 amide bonds. The number of halogens is 2. The second kappa shape index (κ2) is 4.16. The number of nitrogen functional groups attached to an aromatic ring is 1. The standard InChI is InChI=1S/C11H7F2N5O/c12-5-2-8(6(13)1-7(5)14)19-11-9-10(16-3-15-9)17-4-18-11/h1-4H,14H2,(H,15,16,17,18). The lowest BCUT2D eigenvalue weighted by atomic mass is 10.3. The summed E-state index contributed by atoms with van der Waals surface area (Å²) >= 11 is 0. The Morgan fingerprint density at radius 1 is 1.11 bits per heavy atom. The van der Waals surface area contributed by atoms with Crippen molar-refractivity contribution in [2.75, 3.05) is 5.73 Å². The van der Waals surface area contributed by atoms with E-state index in [1.165, 1.54) is 12.7 Å². The van der Waals surface area contributed by atoms with E-state index in [2.05, 4.69) is 19.9 Å². The van der Waals surface area contributed by atoms with Crippen LogP contribution in [0.25, 0.3) is 11.2 Å². The van der Waals surface area contributed by atoms with Crippen LogP contribution in [0.15, 0.2) is 24.8 Å². The minimum atomic E-state index is -0.787. The third-order valence-corrected chi connectivity index (χ3v) is 2.45. The predicted molar refractivity (Wildman–Crippen MR) is 62.5 cm³/mol. The van der Waals surface area contributed by atoms with E-state index < -0.39 is 11.6 Å². The van der Waals surface area contributed by atoms with Crippen LogP contribution < -0.4 is 10.5 Å². The van der Waals surface area contributed by atoms with Gasteiger partial charge in [-0.25, -0.2) is 18.7 Å². The normalized spacial score (nSPS) is 10.8. The minimum Gasteiger partial charge on any atom is -0.434 e. The number of hydrogen-bond donors (Lipinski definition) is 2. The molecular weight excluding hydrogens is 256 g/mol. The fraction of sp³-hybridized carbons (Fsp3) is 0. The molecule has 2 heterocycles. The van der Waals surface area contributed by atoms with E-state index in [9.17, 15) is 8.78 Å². The van der Waals surface area contributed by atoms with Crippen molar-refractivity contribution in [2.24, 2.45) is 0 Å². The summed E-state index contributed by atoms with van der Waals surface area (Å²) in [5.74, 6) is -1.83. The van der Waals surface area contributed by atoms with Crippen LogP contribution in [-0.4, -0.2) is 19.9 Å². The number of aromatic amines is 1. The SMILES string of the molecule is Nc1cc(F)c(Oc2ncnc3nc[nH]c23)cc1F. The first kappa shape index (κ1) is 11.3. The molecule has 2 aromatic heterocycles. The van der Waals surface area contributed by atoms with E-state index in [4.69, 9.17) is 10.5 Å². The summed E-state index contributed by atoms with van der Waals surface area (Å²) in [6, 6.07) is 1.70. The third kappa shape index (κ3) is 1.92. The molecule has 0 unspecified atom stereocenters. The van der Waals surface area contributed by atoms with Crippen LogP contribution in [-0.2, 0) is 0 Å². The Labute approximate surface area is 105 Å². The predicted octanol–water partition coefficient (Wildman–Crippen LogP) is 2.01. The number of H-pyrrole nitrogens is 1. The zero-order chi connectivity index (χ0) is 13.4. The third-order valence-electron chi connectivity index (χ3n) is 2.45. The molecule has 96 valence electrons. The first-order valence-corrected chi connectivity index (χ1v) is 5.21. The number of rotatable bonds is 2. The Hall–Kier alpha value is -2.77. The van der Waals surface area contributed by atoms with Gasteiger partial charge in [0.2, 0.25) is 5.88 Å². The first-order chi connectivity index (χ1) is 9.15. The fourth-order valence-electron chi connectivity index (χ4n) is 1.55. The highest BCUT2D eigenvalue weighted by atomic mass is 19.1. The highest BCUT2D eigenvalue weighted by Crippen LogP contribution is 2.29. The molecule has 0 radical (unpaired) electrons. The monoisotopic (exact) mass is 263 g/mol. The number of benzene rings is 1. The van der Waals surface area contributed by atoms with Crippen LogP contribution in [0.5, 0.6) is 11.6 Å². The number of hydrogen-bond acceptors (Lipinski definition) is 5. The average Bonchev–Trinajstić information content (AvgIpc) is 2.85. The lowest BCUT2D eigenvalue weighted by Gasteiger charge is -2.07. The molecule has 0 bridgehead atoms. The second-order valence-corrected chi connectivity index (χ2v) is 3.69. The topological polar surface area (TPSA) is 89.7 Å². The lowest BCUT2D eigenvalue weighted by molar-refractivity contribution is 0.426. The van der Waals surface area contributed by atoms with Crippen LogP contribution in [0, 0.1) is 11.6 Å². The van der Waals surface area contributed by atoms with Crippen LogP contribution in [0.2, 0.25) is 0 Å². The number of nitrogens with zero attached hydrogens (tertiary/aromatic N) is 3. The molecule has 0 fully saturated rings. The Morgan fingerprint density at radius 2 is 1.95 bits per heavy atom.